The molecule has 0 radical (unpaired) electrons. The summed E-state index contributed by atoms with van der Waals surface area (Å²) in [5, 5.41) is 8.56. The molecule has 4 heteroatoms. The molecule has 0 bridgehead atoms. The largest absolute Gasteiger partial charge is 0.481 e. The lowest BCUT2D eigenvalue weighted by molar-refractivity contribution is -0.136. The minimum Gasteiger partial charge on any atom is -0.481 e. The maximum atomic E-state index is 11.2. The van der Waals surface area contributed by atoms with Crippen LogP contribution in [-0.2, 0) is 17.8 Å². The number of aliphatic carboxylic acids is 1. The molecule has 0 unspecified atom stereocenters. The Morgan fingerprint density at radius 2 is 2.23 bits per heavy atom. The number of hydrogen-bond acceptors (Lipinski definition) is 2. The number of hydrogen-bond donors (Lipinski definition) is 1. The normalized spacial score (nSPS) is 9.92. The maximum absolute atomic E-state index is 11.2. The second kappa shape index (κ2) is 3.89. The van der Waals surface area contributed by atoms with Gasteiger partial charge in [-0.1, -0.05) is 6.07 Å². The Bertz CT molecular complexity index is 367. The SMILES string of the molecule is CCn1c(CC(=O)O)cccc1=O. The number of carboxylic acids is 1. The quantitative estimate of drug-likeness (QED) is 0.738. The van der Waals surface area contributed by atoms with Crippen molar-refractivity contribution in [1.29, 1.82) is 0 Å². The minimum atomic E-state index is -0.923. The fraction of sp³-hybridized carbons (Fsp3) is 0.333. The van der Waals surface area contributed by atoms with Crippen molar-refractivity contribution in [3.05, 3.63) is 34.2 Å². The topological polar surface area (TPSA) is 59.3 Å². The molecule has 0 spiro atoms. The van der Waals surface area contributed by atoms with Gasteiger partial charge < -0.3 is 9.67 Å². The van der Waals surface area contributed by atoms with Gasteiger partial charge in [0, 0.05) is 18.3 Å². The zero-order chi connectivity index (χ0) is 9.84. The molecule has 70 valence electrons. The van der Waals surface area contributed by atoms with Crippen LogP contribution in [0.25, 0.3) is 0 Å². The van der Waals surface area contributed by atoms with E-state index in [9.17, 15) is 9.59 Å². The average molecular weight is 181 g/mol. The number of nitrogens with zero attached hydrogens (tertiary/aromatic N) is 1. The van der Waals surface area contributed by atoms with Crippen molar-refractivity contribution in [2.24, 2.45) is 0 Å². The monoisotopic (exact) mass is 181 g/mol. The molecule has 0 amide bonds. The van der Waals surface area contributed by atoms with Crippen LogP contribution in [0.3, 0.4) is 0 Å². The number of carboxylic acid groups (broad SMARTS) is 1. The van der Waals surface area contributed by atoms with Crippen molar-refractivity contribution < 1.29 is 9.90 Å². The molecule has 1 aromatic heterocycles. The van der Waals surface area contributed by atoms with Gasteiger partial charge in [-0.3, -0.25) is 9.59 Å². The Labute approximate surface area is 75.4 Å². The summed E-state index contributed by atoms with van der Waals surface area (Å²) in [5.74, 6) is -0.923. The molecule has 4 nitrogen and oxygen atoms in total. The Hall–Kier alpha value is -1.58. The number of pyridine rings is 1. The number of carbonyl (C=O) groups is 1. The lowest BCUT2D eigenvalue weighted by Crippen LogP contribution is -2.22. The van der Waals surface area contributed by atoms with Gasteiger partial charge >= 0.3 is 5.97 Å². The molecule has 0 saturated heterocycles. The zero-order valence-electron chi connectivity index (χ0n) is 7.36. The summed E-state index contributed by atoms with van der Waals surface area (Å²) in [5.41, 5.74) is 0.392. The van der Waals surface area contributed by atoms with Crippen molar-refractivity contribution >= 4 is 5.97 Å². The molecule has 0 aliphatic heterocycles. The van der Waals surface area contributed by atoms with E-state index in [1.165, 1.54) is 10.6 Å². The molecule has 1 N–H and O–H groups in total. The summed E-state index contributed by atoms with van der Waals surface area (Å²) in [7, 11) is 0. The minimum absolute atomic E-state index is 0.107. The highest BCUT2D eigenvalue weighted by molar-refractivity contribution is 5.69. The van der Waals surface area contributed by atoms with Crippen molar-refractivity contribution in [3.8, 4) is 0 Å². The summed E-state index contributed by atoms with van der Waals surface area (Å²) < 4.78 is 1.45. The first kappa shape index (κ1) is 9.51. The molecular formula is C9H11NO3. The fourth-order valence-corrected chi connectivity index (χ4v) is 1.23. The Morgan fingerprint density at radius 1 is 1.54 bits per heavy atom. The van der Waals surface area contributed by atoms with Crippen molar-refractivity contribution in [1.82, 2.24) is 4.57 Å². The van der Waals surface area contributed by atoms with Crippen LogP contribution in [0.2, 0.25) is 0 Å². The van der Waals surface area contributed by atoms with E-state index in [1.807, 2.05) is 6.92 Å². The number of rotatable bonds is 3. The van der Waals surface area contributed by atoms with Gasteiger partial charge in [0.05, 0.1) is 6.42 Å². The predicted octanol–water partition coefficient (Wildman–Crippen LogP) is 0.495. The van der Waals surface area contributed by atoms with E-state index in [-0.39, 0.29) is 12.0 Å². The molecule has 0 aliphatic carbocycles. The standard InChI is InChI=1S/C9H11NO3/c1-2-10-7(6-9(12)13)4-3-5-8(10)11/h3-5H,2,6H2,1H3,(H,12,13). The third kappa shape index (κ3) is 2.18. The van der Waals surface area contributed by atoms with E-state index in [1.54, 1.807) is 12.1 Å². The maximum Gasteiger partial charge on any atom is 0.309 e. The van der Waals surface area contributed by atoms with Gasteiger partial charge in [0.25, 0.3) is 5.56 Å². The van der Waals surface area contributed by atoms with Crippen LogP contribution in [0.5, 0.6) is 0 Å². The van der Waals surface area contributed by atoms with Crippen molar-refractivity contribution in [3.63, 3.8) is 0 Å². The Balaban J connectivity index is 3.12. The first-order valence-electron chi connectivity index (χ1n) is 4.05. The van der Waals surface area contributed by atoms with Crippen LogP contribution in [0, 0.1) is 0 Å². The Morgan fingerprint density at radius 3 is 2.77 bits per heavy atom. The van der Waals surface area contributed by atoms with Crippen molar-refractivity contribution in [2.75, 3.05) is 0 Å². The van der Waals surface area contributed by atoms with Crippen LogP contribution in [0.15, 0.2) is 23.0 Å². The summed E-state index contributed by atoms with van der Waals surface area (Å²) in [6, 6.07) is 4.65. The summed E-state index contributed by atoms with van der Waals surface area (Å²) in [6.45, 7) is 2.31. The third-order valence-corrected chi connectivity index (χ3v) is 1.79. The highest BCUT2D eigenvalue weighted by Gasteiger charge is 2.05. The van der Waals surface area contributed by atoms with Gasteiger partial charge in [0.1, 0.15) is 0 Å². The molecule has 1 heterocycles. The summed E-state index contributed by atoms with van der Waals surface area (Å²) in [6.07, 6.45) is -0.107. The lowest BCUT2D eigenvalue weighted by Gasteiger charge is -2.07. The summed E-state index contributed by atoms with van der Waals surface area (Å²) >= 11 is 0. The van der Waals surface area contributed by atoms with E-state index >= 15 is 0 Å². The molecule has 0 fully saturated rings. The molecule has 13 heavy (non-hydrogen) atoms. The second-order valence-corrected chi connectivity index (χ2v) is 2.67. The van der Waals surface area contributed by atoms with Crippen LogP contribution in [0.1, 0.15) is 12.6 Å². The molecule has 1 aromatic rings. The molecule has 0 saturated carbocycles. The smallest absolute Gasteiger partial charge is 0.309 e. The molecule has 0 aliphatic rings. The van der Waals surface area contributed by atoms with E-state index in [0.717, 1.165) is 0 Å². The summed E-state index contributed by atoms with van der Waals surface area (Å²) in [4.78, 5) is 21.7. The molecule has 1 rings (SSSR count). The van der Waals surface area contributed by atoms with Gasteiger partial charge in [0.2, 0.25) is 0 Å². The van der Waals surface area contributed by atoms with Crippen LogP contribution in [-0.4, -0.2) is 15.6 Å². The van der Waals surface area contributed by atoms with E-state index in [2.05, 4.69) is 0 Å². The first-order valence-corrected chi connectivity index (χ1v) is 4.05. The highest BCUT2D eigenvalue weighted by Crippen LogP contribution is 1.97. The molecular weight excluding hydrogens is 170 g/mol. The molecule has 0 aromatic carbocycles. The van der Waals surface area contributed by atoms with Crippen LogP contribution >= 0.6 is 0 Å². The van der Waals surface area contributed by atoms with Crippen LogP contribution in [0.4, 0.5) is 0 Å². The lowest BCUT2D eigenvalue weighted by atomic mass is 10.2. The van der Waals surface area contributed by atoms with Gasteiger partial charge in [-0.15, -0.1) is 0 Å². The number of aromatic nitrogens is 1. The van der Waals surface area contributed by atoms with Crippen LogP contribution < -0.4 is 5.56 Å². The first-order chi connectivity index (χ1) is 6.15. The van der Waals surface area contributed by atoms with Gasteiger partial charge in [-0.25, -0.2) is 0 Å². The Kier molecular flexibility index (Phi) is 2.84. The molecule has 0 atom stereocenters. The zero-order valence-corrected chi connectivity index (χ0v) is 7.36. The third-order valence-electron chi connectivity index (χ3n) is 1.79. The highest BCUT2D eigenvalue weighted by atomic mass is 16.4. The van der Waals surface area contributed by atoms with E-state index in [0.29, 0.717) is 12.2 Å². The van der Waals surface area contributed by atoms with Gasteiger partial charge in [0.15, 0.2) is 0 Å². The fourth-order valence-electron chi connectivity index (χ4n) is 1.23. The van der Waals surface area contributed by atoms with E-state index < -0.39 is 5.97 Å². The van der Waals surface area contributed by atoms with Gasteiger partial charge in [-0.05, 0) is 13.0 Å². The van der Waals surface area contributed by atoms with E-state index in [4.69, 9.17) is 5.11 Å². The predicted molar refractivity (Wildman–Crippen MR) is 47.7 cm³/mol. The van der Waals surface area contributed by atoms with Crippen molar-refractivity contribution in [2.45, 2.75) is 19.9 Å². The average Bonchev–Trinajstić information content (AvgIpc) is 2.03. The second-order valence-electron chi connectivity index (χ2n) is 2.67. The van der Waals surface area contributed by atoms with Gasteiger partial charge in [-0.2, -0.15) is 0 Å².